The molecule has 0 unspecified atom stereocenters. The van der Waals surface area contributed by atoms with Gasteiger partial charge < -0.3 is 9.74 Å². The standard InChI is InChI=1S/C19H30N2O2SSi/c1-12(17(24)14-8-10-20-11-9-14)16-15(18(22)21-16)13(2)23-25(6,7)19(3,4)5/h8-13,15-16H,1-7H3,(H,21,22)/t12-,13-,15-,16-/m1/s1. The van der Waals surface area contributed by atoms with Crippen LogP contribution >= 0.6 is 12.2 Å². The van der Waals surface area contributed by atoms with Crippen LogP contribution in [0.1, 0.15) is 40.2 Å². The van der Waals surface area contributed by atoms with Crippen LogP contribution in [0.3, 0.4) is 0 Å². The van der Waals surface area contributed by atoms with Crippen LogP contribution < -0.4 is 5.32 Å². The van der Waals surface area contributed by atoms with Crippen LogP contribution in [0.5, 0.6) is 0 Å². The van der Waals surface area contributed by atoms with Gasteiger partial charge in [0.05, 0.1) is 18.1 Å². The van der Waals surface area contributed by atoms with Crippen molar-refractivity contribution in [3.8, 4) is 0 Å². The molecule has 4 atom stereocenters. The molecule has 1 aliphatic heterocycles. The Morgan fingerprint density at radius 1 is 1.28 bits per heavy atom. The summed E-state index contributed by atoms with van der Waals surface area (Å²) >= 11 is 5.66. The third kappa shape index (κ3) is 4.18. The van der Waals surface area contributed by atoms with Gasteiger partial charge in [-0.1, -0.05) is 39.9 Å². The smallest absolute Gasteiger partial charge is 0.228 e. The number of amides is 1. The summed E-state index contributed by atoms with van der Waals surface area (Å²) in [5, 5.41) is 3.16. The molecule has 1 fully saturated rings. The summed E-state index contributed by atoms with van der Waals surface area (Å²) in [6, 6.07) is 3.86. The number of nitrogens with one attached hydrogen (secondary N) is 1. The first-order chi connectivity index (χ1) is 11.5. The lowest BCUT2D eigenvalue weighted by atomic mass is 9.77. The number of thiocarbonyl (C=S) groups is 1. The molecule has 1 aromatic rings. The first kappa shape index (κ1) is 20.2. The SMILES string of the molecule is C[C@@H](O[Si](C)(C)C(C)(C)C)[C@H]1C(=O)N[C@@H]1[C@@H](C)C(=S)c1ccncc1. The van der Waals surface area contributed by atoms with Gasteiger partial charge in [0.1, 0.15) is 0 Å². The summed E-state index contributed by atoms with van der Waals surface area (Å²) in [4.78, 5) is 17.2. The van der Waals surface area contributed by atoms with Crippen LogP contribution in [0.2, 0.25) is 18.1 Å². The molecule has 1 N–H and O–H groups in total. The fourth-order valence-corrected chi connectivity index (χ4v) is 4.73. The molecule has 0 bridgehead atoms. The van der Waals surface area contributed by atoms with Gasteiger partial charge in [0.2, 0.25) is 5.91 Å². The van der Waals surface area contributed by atoms with Crippen LogP contribution in [0.15, 0.2) is 24.5 Å². The van der Waals surface area contributed by atoms with Gasteiger partial charge in [0, 0.05) is 23.2 Å². The van der Waals surface area contributed by atoms with Gasteiger partial charge >= 0.3 is 0 Å². The molecule has 0 aromatic carbocycles. The Labute approximate surface area is 157 Å². The Morgan fingerprint density at radius 2 is 1.84 bits per heavy atom. The number of carbonyl (C=O) groups is 1. The van der Waals surface area contributed by atoms with E-state index in [-0.39, 0.29) is 34.9 Å². The molecule has 138 valence electrons. The zero-order valence-corrected chi connectivity index (χ0v) is 18.1. The van der Waals surface area contributed by atoms with E-state index in [4.69, 9.17) is 16.6 Å². The van der Waals surface area contributed by atoms with Gasteiger partial charge in [-0.3, -0.25) is 9.78 Å². The van der Waals surface area contributed by atoms with Crippen LogP contribution in [0, 0.1) is 11.8 Å². The summed E-state index contributed by atoms with van der Waals surface area (Å²) in [5.74, 6) is -0.00457. The molecule has 2 heterocycles. The molecule has 4 nitrogen and oxygen atoms in total. The van der Waals surface area contributed by atoms with Crippen molar-refractivity contribution < 1.29 is 9.22 Å². The maximum atomic E-state index is 12.3. The van der Waals surface area contributed by atoms with Crippen molar-refractivity contribution in [2.45, 2.75) is 64.9 Å². The Bertz CT molecular complexity index is 643. The molecule has 0 spiro atoms. The molecular weight excluding hydrogens is 348 g/mol. The van der Waals surface area contributed by atoms with Gasteiger partial charge in [-0.15, -0.1) is 0 Å². The zero-order valence-electron chi connectivity index (χ0n) is 16.3. The number of hydrogen-bond acceptors (Lipinski definition) is 4. The van der Waals surface area contributed by atoms with Gasteiger partial charge in [-0.05, 0) is 42.8 Å². The lowest BCUT2D eigenvalue weighted by molar-refractivity contribution is -0.140. The van der Waals surface area contributed by atoms with E-state index in [0.29, 0.717) is 0 Å². The van der Waals surface area contributed by atoms with Crippen molar-refractivity contribution in [3.05, 3.63) is 30.1 Å². The Morgan fingerprint density at radius 3 is 2.32 bits per heavy atom. The monoisotopic (exact) mass is 378 g/mol. The quantitative estimate of drug-likeness (QED) is 0.352. The highest BCUT2D eigenvalue weighted by atomic mass is 32.1. The second-order valence-electron chi connectivity index (χ2n) is 8.53. The van der Waals surface area contributed by atoms with Gasteiger partial charge in [-0.25, -0.2) is 0 Å². The lowest BCUT2D eigenvalue weighted by Gasteiger charge is -2.47. The Balaban J connectivity index is 2.11. The Hall–Kier alpha value is -1.11. The topological polar surface area (TPSA) is 51.2 Å². The maximum Gasteiger partial charge on any atom is 0.228 e. The molecule has 25 heavy (non-hydrogen) atoms. The highest BCUT2D eigenvalue weighted by Crippen LogP contribution is 2.39. The number of β-lactam (4-membered cyclic amide) rings is 1. The van der Waals surface area contributed by atoms with E-state index in [9.17, 15) is 4.79 Å². The molecule has 0 radical (unpaired) electrons. The number of pyridine rings is 1. The molecule has 6 heteroatoms. The van der Waals surface area contributed by atoms with Gasteiger partial charge in [-0.2, -0.15) is 0 Å². The summed E-state index contributed by atoms with van der Waals surface area (Å²) in [6.45, 7) is 15.2. The third-order valence-electron chi connectivity index (χ3n) is 5.71. The van der Waals surface area contributed by atoms with Crippen molar-refractivity contribution in [1.29, 1.82) is 0 Å². The van der Waals surface area contributed by atoms with Crippen molar-refractivity contribution in [3.63, 3.8) is 0 Å². The van der Waals surface area contributed by atoms with Crippen LogP contribution in [0.4, 0.5) is 0 Å². The third-order valence-corrected chi connectivity index (χ3v) is 10.9. The highest BCUT2D eigenvalue weighted by molar-refractivity contribution is 7.80. The van der Waals surface area contributed by atoms with E-state index in [0.717, 1.165) is 10.4 Å². The van der Waals surface area contributed by atoms with E-state index in [1.54, 1.807) is 12.4 Å². The average molecular weight is 379 g/mol. The van der Waals surface area contributed by atoms with Crippen molar-refractivity contribution in [2.24, 2.45) is 11.8 Å². The fourth-order valence-electron chi connectivity index (χ4n) is 3.02. The highest BCUT2D eigenvalue weighted by Gasteiger charge is 2.49. The minimum absolute atomic E-state index is 0.0212. The summed E-state index contributed by atoms with van der Waals surface area (Å²) < 4.78 is 6.47. The van der Waals surface area contributed by atoms with E-state index in [2.05, 4.69) is 51.1 Å². The zero-order chi connectivity index (χ0) is 19.0. The first-order valence-corrected chi connectivity index (χ1v) is 12.2. The number of rotatable bonds is 6. The van der Waals surface area contributed by atoms with Gasteiger partial charge in [0.15, 0.2) is 8.32 Å². The summed E-state index contributed by atoms with van der Waals surface area (Å²) in [7, 11) is -1.92. The van der Waals surface area contributed by atoms with Gasteiger partial charge in [0.25, 0.3) is 0 Å². The maximum absolute atomic E-state index is 12.3. The number of aromatic nitrogens is 1. The van der Waals surface area contributed by atoms with E-state index >= 15 is 0 Å². The van der Waals surface area contributed by atoms with Crippen LogP contribution in [-0.2, 0) is 9.22 Å². The molecule has 0 aliphatic carbocycles. The number of hydrogen-bond donors (Lipinski definition) is 1. The molecular formula is C19H30N2O2SSi. The first-order valence-electron chi connectivity index (χ1n) is 8.88. The van der Waals surface area contributed by atoms with Crippen molar-refractivity contribution in [1.82, 2.24) is 10.3 Å². The predicted octanol–water partition coefficient (Wildman–Crippen LogP) is 3.96. The number of carbonyl (C=O) groups excluding carboxylic acids is 1. The lowest BCUT2D eigenvalue weighted by Crippen LogP contribution is -2.66. The predicted molar refractivity (Wildman–Crippen MR) is 108 cm³/mol. The van der Waals surface area contributed by atoms with Crippen LogP contribution in [0.25, 0.3) is 0 Å². The molecule has 0 saturated carbocycles. The van der Waals surface area contributed by atoms with Crippen molar-refractivity contribution >= 4 is 31.3 Å². The second kappa shape index (κ2) is 7.25. The van der Waals surface area contributed by atoms with E-state index in [1.807, 2.05) is 19.1 Å². The van der Waals surface area contributed by atoms with Crippen LogP contribution in [-0.4, -0.2) is 36.2 Å². The fraction of sp³-hybridized carbons (Fsp3) is 0.632. The second-order valence-corrected chi connectivity index (χ2v) is 13.7. The van der Waals surface area contributed by atoms with Crippen molar-refractivity contribution in [2.75, 3.05) is 0 Å². The largest absolute Gasteiger partial charge is 0.413 e. The molecule has 1 aliphatic rings. The molecule has 1 saturated heterocycles. The normalized spacial score (nSPS) is 23.4. The van der Waals surface area contributed by atoms with E-state index < -0.39 is 8.32 Å². The number of nitrogens with zero attached hydrogens (tertiary/aromatic N) is 1. The summed E-state index contributed by atoms with van der Waals surface area (Å²) in [6.07, 6.45) is 3.38. The minimum atomic E-state index is -1.92. The minimum Gasteiger partial charge on any atom is -0.413 e. The molecule has 1 amide bonds. The summed E-state index contributed by atoms with van der Waals surface area (Å²) in [5.41, 5.74) is 0.996. The van der Waals surface area contributed by atoms with E-state index in [1.165, 1.54) is 0 Å². The Kier molecular flexibility index (Phi) is 5.86. The average Bonchev–Trinajstić information content (AvgIpc) is 2.50. The molecule has 1 aromatic heterocycles. The molecule has 2 rings (SSSR count).